The summed E-state index contributed by atoms with van der Waals surface area (Å²) in [6.07, 6.45) is 0. The van der Waals surface area contributed by atoms with Crippen LogP contribution in [0, 0.1) is 17.4 Å². The van der Waals surface area contributed by atoms with Gasteiger partial charge in [-0.2, -0.15) is 0 Å². The number of nitrogens with two attached hydrogens (primary N) is 1. The van der Waals surface area contributed by atoms with Crippen LogP contribution in [0.4, 0.5) is 11.5 Å². The molecule has 0 aliphatic heterocycles. The molecule has 0 radical (unpaired) electrons. The third-order valence-electron chi connectivity index (χ3n) is 2.75. The van der Waals surface area contributed by atoms with Crippen molar-refractivity contribution >= 4 is 40.0 Å². The van der Waals surface area contributed by atoms with Gasteiger partial charge in [0.15, 0.2) is 5.82 Å². The number of aromatic nitrogens is 2. The number of anilines is 2. The highest BCUT2D eigenvalue weighted by Crippen LogP contribution is 2.16. The lowest BCUT2D eigenvalue weighted by Crippen LogP contribution is -2.23. The van der Waals surface area contributed by atoms with Gasteiger partial charge in [0.1, 0.15) is 11.5 Å². The SMILES string of the molecule is Cc1nc(N)c(NC(=O)c2cc(I)ccc2C)c(=O)[nH]1. The molecule has 0 spiro atoms. The lowest BCUT2D eigenvalue weighted by atomic mass is 10.1. The number of aromatic amines is 1. The highest BCUT2D eigenvalue weighted by molar-refractivity contribution is 14.1. The number of halogens is 1. The van der Waals surface area contributed by atoms with E-state index in [0.29, 0.717) is 11.4 Å². The van der Waals surface area contributed by atoms with Crippen LogP contribution in [0.2, 0.25) is 0 Å². The Hall–Kier alpha value is -1.90. The van der Waals surface area contributed by atoms with E-state index in [4.69, 9.17) is 5.73 Å². The molecule has 2 rings (SSSR count). The number of carbonyl (C=O) groups excluding carboxylic acids is 1. The van der Waals surface area contributed by atoms with Gasteiger partial charge < -0.3 is 16.0 Å². The van der Waals surface area contributed by atoms with Crippen molar-refractivity contribution in [3.8, 4) is 0 Å². The van der Waals surface area contributed by atoms with Gasteiger partial charge in [0.2, 0.25) is 0 Å². The molecule has 1 heterocycles. The number of benzene rings is 1. The Labute approximate surface area is 128 Å². The minimum atomic E-state index is -0.466. The Morgan fingerprint density at radius 3 is 2.75 bits per heavy atom. The van der Waals surface area contributed by atoms with Crippen LogP contribution in [0.5, 0.6) is 0 Å². The van der Waals surface area contributed by atoms with Crippen molar-refractivity contribution < 1.29 is 4.79 Å². The maximum Gasteiger partial charge on any atom is 0.276 e. The second-order valence-corrected chi connectivity index (χ2v) is 5.57. The first-order valence-electron chi connectivity index (χ1n) is 5.82. The molecule has 1 aromatic carbocycles. The van der Waals surface area contributed by atoms with Crippen molar-refractivity contribution in [2.75, 3.05) is 11.1 Å². The third kappa shape index (κ3) is 2.98. The predicted octanol–water partition coefficient (Wildman–Crippen LogP) is 1.83. The molecule has 0 aliphatic rings. The molecule has 104 valence electrons. The summed E-state index contributed by atoms with van der Waals surface area (Å²) in [6, 6.07) is 5.50. The number of H-pyrrole nitrogens is 1. The van der Waals surface area contributed by atoms with E-state index in [-0.39, 0.29) is 17.4 Å². The number of aryl methyl sites for hydroxylation is 2. The zero-order chi connectivity index (χ0) is 14.9. The van der Waals surface area contributed by atoms with E-state index in [1.54, 1.807) is 13.0 Å². The summed E-state index contributed by atoms with van der Waals surface area (Å²) in [5, 5.41) is 2.52. The lowest BCUT2D eigenvalue weighted by Gasteiger charge is -2.09. The molecule has 20 heavy (non-hydrogen) atoms. The van der Waals surface area contributed by atoms with Gasteiger partial charge in [0, 0.05) is 9.13 Å². The molecule has 0 saturated carbocycles. The number of nitrogens with one attached hydrogen (secondary N) is 2. The van der Waals surface area contributed by atoms with Gasteiger partial charge in [0.05, 0.1) is 0 Å². The maximum atomic E-state index is 12.2. The smallest absolute Gasteiger partial charge is 0.276 e. The van der Waals surface area contributed by atoms with Crippen LogP contribution in [0.25, 0.3) is 0 Å². The third-order valence-corrected chi connectivity index (χ3v) is 3.42. The topological polar surface area (TPSA) is 101 Å². The fourth-order valence-electron chi connectivity index (χ4n) is 1.75. The molecule has 0 aliphatic carbocycles. The average Bonchev–Trinajstić information content (AvgIpc) is 2.36. The van der Waals surface area contributed by atoms with Gasteiger partial charge in [-0.1, -0.05) is 6.07 Å². The van der Waals surface area contributed by atoms with Crippen LogP contribution in [0.15, 0.2) is 23.0 Å². The Morgan fingerprint density at radius 1 is 1.40 bits per heavy atom. The van der Waals surface area contributed by atoms with Gasteiger partial charge in [-0.25, -0.2) is 4.98 Å². The van der Waals surface area contributed by atoms with Crippen LogP contribution < -0.4 is 16.6 Å². The van der Waals surface area contributed by atoms with Gasteiger partial charge in [-0.3, -0.25) is 9.59 Å². The molecule has 0 atom stereocenters. The molecule has 0 saturated heterocycles. The fourth-order valence-corrected chi connectivity index (χ4v) is 2.24. The van der Waals surface area contributed by atoms with Crippen molar-refractivity contribution in [1.82, 2.24) is 9.97 Å². The molecule has 0 bridgehead atoms. The van der Waals surface area contributed by atoms with E-state index in [9.17, 15) is 9.59 Å². The van der Waals surface area contributed by atoms with E-state index in [1.165, 1.54) is 0 Å². The largest absolute Gasteiger partial charge is 0.382 e. The van der Waals surface area contributed by atoms with Crippen molar-refractivity contribution in [2.45, 2.75) is 13.8 Å². The summed E-state index contributed by atoms with van der Waals surface area (Å²) in [6.45, 7) is 3.44. The number of amides is 1. The predicted molar refractivity (Wildman–Crippen MR) is 85.9 cm³/mol. The fraction of sp³-hybridized carbons (Fsp3) is 0.154. The normalized spacial score (nSPS) is 10.3. The first kappa shape index (κ1) is 14.5. The van der Waals surface area contributed by atoms with Crippen molar-refractivity contribution in [3.63, 3.8) is 0 Å². The lowest BCUT2D eigenvalue weighted by molar-refractivity contribution is 0.102. The summed E-state index contributed by atoms with van der Waals surface area (Å²) < 4.78 is 0.933. The summed E-state index contributed by atoms with van der Waals surface area (Å²) in [5.74, 6) is 0.0164. The van der Waals surface area contributed by atoms with E-state index in [0.717, 1.165) is 9.13 Å². The molecule has 0 fully saturated rings. The summed E-state index contributed by atoms with van der Waals surface area (Å²) in [4.78, 5) is 30.4. The first-order chi connectivity index (χ1) is 9.38. The highest BCUT2D eigenvalue weighted by Gasteiger charge is 2.14. The van der Waals surface area contributed by atoms with Gasteiger partial charge >= 0.3 is 0 Å². The molecule has 0 unspecified atom stereocenters. The first-order valence-corrected chi connectivity index (χ1v) is 6.90. The number of hydrogen-bond acceptors (Lipinski definition) is 4. The average molecular weight is 384 g/mol. The Bertz CT molecular complexity index is 740. The van der Waals surface area contributed by atoms with Crippen molar-refractivity contribution in [2.24, 2.45) is 0 Å². The minimum Gasteiger partial charge on any atom is -0.382 e. The van der Waals surface area contributed by atoms with Crippen LogP contribution >= 0.6 is 22.6 Å². The number of hydrogen-bond donors (Lipinski definition) is 3. The van der Waals surface area contributed by atoms with E-state index in [1.807, 2.05) is 19.1 Å². The highest BCUT2D eigenvalue weighted by atomic mass is 127. The zero-order valence-corrected chi connectivity index (χ0v) is 13.1. The van der Waals surface area contributed by atoms with E-state index < -0.39 is 5.56 Å². The number of carbonyl (C=O) groups is 1. The summed E-state index contributed by atoms with van der Waals surface area (Å²) >= 11 is 2.12. The number of nitrogen functional groups attached to an aromatic ring is 1. The quantitative estimate of drug-likeness (QED) is 0.688. The van der Waals surface area contributed by atoms with E-state index >= 15 is 0 Å². The molecule has 2 aromatic rings. The molecule has 6 nitrogen and oxygen atoms in total. The zero-order valence-electron chi connectivity index (χ0n) is 11.0. The summed E-state index contributed by atoms with van der Waals surface area (Å²) in [5.41, 5.74) is 6.49. The standard InChI is InChI=1S/C13H13IN4O2/c1-6-3-4-8(14)5-9(6)12(19)18-10-11(15)16-7(2)17-13(10)20/h3-5H,1-2H3,(H,18,19)(H3,15,16,17,20). The van der Waals surface area contributed by atoms with Gasteiger partial charge in [-0.15, -0.1) is 0 Å². The van der Waals surface area contributed by atoms with Crippen molar-refractivity contribution in [1.29, 1.82) is 0 Å². The second kappa shape index (κ2) is 5.61. The van der Waals surface area contributed by atoms with Crippen molar-refractivity contribution in [3.05, 3.63) is 49.1 Å². The molecule has 4 N–H and O–H groups in total. The molecular formula is C13H13IN4O2. The van der Waals surface area contributed by atoms with Crippen LogP contribution in [0.1, 0.15) is 21.7 Å². The Morgan fingerprint density at radius 2 is 2.10 bits per heavy atom. The van der Waals surface area contributed by atoms with Crippen LogP contribution in [-0.4, -0.2) is 15.9 Å². The molecule has 1 aromatic heterocycles. The second-order valence-electron chi connectivity index (χ2n) is 4.32. The maximum absolute atomic E-state index is 12.2. The number of nitrogens with zero attached hydrogens (tertiary/aromatic N) is 1. The number of rotatable bonds is 2. The monoisotopic (exact) mass is 384 g/mol. The molecule has 7 heteroatoms. The van der Waals surface area contributed by atoms with Gasteiger partial charge in [0.25, 0.3) is 11.5 Å². The molecular weight excluding hydrogens is 371 g/mol. The van der Waals surface area contributed by atoms with Crippen LogP contribution in [0.3, 0.4) is 0 Å². The minimum absolute atomic E-state index is 0.00267. The van der Waals surface area contributed by atoms with E-state index in [2.05, 4.69) is 37.9 Å². The Balaban J connectivity index is 2.38. The summed E-state index contributed by atoms with van der Waals surface area (Å²) in [7, 11) is 0. The molecule has 1 amide bonds. The van der Waals surface area contributed by atoms with Crippen LogP contribution in [-0.2, 0) is 0 Å². The van der Waals surface area contributed by atoms with Gasteiger partial charge in [-0.05, 0) is 54.1 Å². The Kier molecular flexibility index (Phi) is 4.07.